The zero-order valence-corrected chi connectivity index (χ0v) is 15.0. The van der Waals surface area contributed by atoms with Crippen molar-refractivity contribution in [1.29, 1.82) is 0 Å². The lowest BCUT2D eigenvalue weighted by atomic mass is 10.4. The lowest BCUT2D eigenvalue weighted by Gasteiger charge is -2.09. The molecule has 0 aliphatic rings. The highest BCUT2D eigenvalue weighted by Gasteiger charge is 2.26. The molecule has 0 spiro atoms. The molecule has 10 nitrogen and oxygen atoms in total. The van der Waals surface area contributed by atoms with Crippen LogP contribution in [0, 0.1) is 6.92 Å². The molecule has 0 saturated heterocycles. The Hall–Kier alpha value is -2.73. The number of sulfonamides is 1. The predicted molar refractivity (Wildman–Crippen MR) is 88.3 cm³/mol. The summed E-state index contributed by atoms with van der Waals surface area (Å²) in [6, 6.07) is 1.64. The summed E-state index contributed by atoms with van der Waals surface area (Å²) in [6.07, 6.45) is 0. The molecule has 0 radical (unpaired) electrons. The van der Waals surface area contributed by atoms with Crippen molar-refractivity contribution in [2.24, 2.45) is 0 Å². The number of carbonyl (C=O) groups is 2. The molecule has 0 fully saturated rings. The number of esters is 1. The average Bonchev–Trinajstić information content (AvgIpc) is 3.03. The van der Waals surface area contributed by atoms with Gasteiger partial charge in [0.2, 0.25) is 11.8 Å². The van der Waals surface area contributed by atoms with Crippen LogP contribution < -0.4 is 14.8 Å². The minimum Gasteiger partial charge on any atom is -0.481 e. The van der Waals surface area contributed by atoms with Crippen molar-refractivity contribution in [3.8, 4) is 5.88 Å². The van der Waals surface area contributed by atoms with Gasteiger partial charge < -0.3 is 9.47 Å². The average molecular weight is 386 g/mol. The van der Waals surface area contributed by atoms with Crippen molar-refractivity contribution < 1.29 is 27.5 Å². The lowest BCUT2D eigenvalue weighted by molar-refractivity contribution is 0.0602. The third-order valence-electron chi connectivity index (χ3n) is 2.78. The van der Waals surface area contributed by atoms with Gasteiger partial charge >= 0.3 is 12.0 Å². The number of ether oxygens (including phenoxy) is 2. The fourth-order valence-electron chi connectivity index (χ4n) is 1.75. The Kier molecular flexibility index (Phi) is 5.54. The second-order valence-electron chi connectivity index (χ2n) is 4.54. The molecule has 0 aliphatic carbocycles. The van der Waals surface area contributed by atoms with Gasteiger partial charge in [0.05, 0.1) is 14.2 Å². The third kappa shape index (κ3) is 4.42. The van der Waals surface area contributed by atoms with Crippen LogP contribution in [0.4, 0.5) is 10.7 Å². The largest absolute Gasteiger partial charge is 0.481 e. The summed E-state index contributed by atoms with van der Waals surface area (Å²) >= 11 is 0.880. The number of amides is 2. The van der Waals surface area contributed by atoms with E-state index in [4.69, 9.17) is 4.74 Å². The number of hydrogen-bond acceptors (Lipinski definition) is 9. The molecule has 12 heteroatoms. The highest BCUT2D eigenvalue weighted by molar-refractivity contribution is 7.90. The number of hydrogen-bond donors (Lipinski definition) is 2. The number of aryl methyl sites for hydroxylation is 1. The maximum Gasteiger partial charge on any atom is 0.349 e. The van der Waals surface area contributed by atoms with Crippen LogP contribution in [0.25, 0.3) is 0 Å². The van der Waals surface area contributed by atoms with Crippen LogP contribution in [0.5, 0.6) is 5.88 Å². The van der Waals surface area contributed by atoms with E-state index in [9.17, 15) is 18.0 Å². The summed E-state index contributed by atoms with van der Waals surface area (Å²) in [5, 5.41) is 3.59. The summed E-state index contributed by atoms with van der Waals surface area (Å²) in [4.78, 5) is 30.9. The zero-order chi connectivity index (χ0) is 18.6. The topological polar surface area (TPSA) is 137 Å². The second-order valence-corrected chi connectivity index (χ2v) is 7.11. The number of aromatic nitrogens is 2. The Morgan fingerprint density at radius 2 is 1.96 bits per heavy atom. The summed E-state index contributed by atoms with van der Waals surface area (Å²) in [7, 11) is -1.77. The van der Waals surface area contributed by atoms with E-state index in [2.05, 4.69) is 20.0 Å². The van der Waals surface area contributed by atoms with Crippen molar-refractivity contribution in [1.82, 2.24) is 14.7 Å². The van der Waals surface area contributed by atoms with Gasteiger partial charge in [0.1, 0.15) is 9.77 Å². The van der Waals surface area contributed by atoms with Gasteiger partial charge in [-0.15, -0.1) is 11.3 Å². The van der Waals surface area contributed by atoms with Gasteiger partial charge in [-0.05, 0) is 18.4 Å². The number of urea groups is 1. The van der Waals surface area contributed by atoms with E-state index in [1.54, 1.807) is 11.6 Å². The Morgan fingerprint density at radius 3 is 2.60 bits per heavy atom. The van der Waals surface area contributed by atoms with E-state index in [1.807, 2.05) is 0 Å². The van der Waals surface area contributed by atoms with Crippen molar-refractivity contribution in [2.75, 3.05) is 19.5 Å². The van der Waals surface area contributed by atoms with E-state index in [0.29, 0.717) is 5.69 Å². The smallest absolute Gasteiger partial charge is 0.349 e. The fraction of sp³-hybridized carbons (Fsp3) is 0.231. The SMILES string of the molecule is COC(=O)c1sccc1S(=O)(=O)NC(=O)Nc1nc(C)cc(OC)n1. The molecule has 2 aromatic rings. The Balaban J connectivity index is 2.19. The number of nitrogens with zero attached hydrogens (tertiary/aromatic N) is 2. The van der Waals surface area contributed by atoms with Crippen LogP contribution in [0.15, 0.2) is 22.4 Å². The minimum atomic E-state index is -4.29. The number of nitrogens with one attached hydrogen (secondary N) is 2. The van der Waals surface area contributed by atoms with Crippen molar-refractivity contribution in [3.05, 3.63) is 28.1 Å². The van der Waals surface area contributed by atoms with Crippen LogP contribution in [-0.2, 0) is 14.8 Å². The van der Waals surface area contributed by atoms with Crippen molar-refractivity contribution in [3.63, 3.8) is 0 Å². The molecule has 134 valence electrons. The molecule has 2 amide bonds. The number of carbonyl (C=O) groups excluding carboxylic acids is 2. The van der Waals surface area contributed by atoms with Crippen LogP contribution >= 0.6 is 11.3 Å². The molecule has 0 unspecified atom stereocenters. The van der Waals surface area contributed by atoms with Crippen molar-refractivity contribution >= 4 is 39.3 Å². The molecular weight excluding hydrogens is 372 g/mol. The first kappa shape index (κ1) is 18.6. The van der Waals surface area contributed by atoms with Gasteiger partial charge in [0.25, 0.3) is 10.0 Å². The van der Waals surface area contributed by atoms with E-state index in [1.165, 1.54) is 24.6 Å². The van der Waals surface area contributed by atoms with Gasteiger partial charge in [0, 0.05) is 11.8 Å². The fourth-order valence-corrected chi connectivity index (χ4v) is 4.00. The monoisotopic (exact) mass is 386 g/mol. The van der Waals surface area contributed by atoms with Gasteiger partial charge in [0.15, 0.2) is 0 Å². The molecule has 0 atom stereocenters. The first-order valence-electron chi connectivity index (χ1n) is 6.66. The molecule has 2 aromatic heterocycles. The van der Waals surface area contributed by atoms with Crippen LogP contribution in [-0.4, -0.2) is 44.6 Å². The van der Waals surface area contributed by atoms with Crippen molar-refractivity contribution in [2.45, 2.75) is 11.8 Å². The Bertz CT molecular complexity index is 909. The number of rotatable bonds is 5. The molecule has 2 N–H and O–H groups in total. The minimum absolute atomic E-state index is 0.136. The van der Waals surface area contributed by atoms with E-state index < -0.39 is 22.0 Å². The molecule has 0 aliphatic heterocycles. The van der Waals surface area contributed by atoms with Gasteiger partial charge in [-0.25, -0.2) is 27.7 Å². The highest BCUT2D eigenvalue weighted by Crippen LogP contribution is 2.22. The van der Waals surface area contributed by atoms with E-state index in [0.717, 1.165) is 18.4 Å². The molecular formula is C13H14N4O6S2. The lowest BCUT2D eigenvalue weighted by Crippen LogP contribution is -2.35. The maximum atomic E-state index is 12.3. The van der Waals surface area contributed by atoms with Gasteiger partial charge in [-0.3, -0.25) is 5.32 Å². The Labute approximate surface area is 147 Å². The molecule has 0 bridgehead atoms. The van der Waals surface area contributed by atoms with Crippen LogP contribution in [0.3, 0.4) is 0 Å². The standard InChI is InChI=1S/C13H14N4O6S2/c1-7-6-9(22-2)15-12(14-7)16-13(19)17-25(20,21)8-4-5-24-10(8)11(18)23-3/h4-6H,1-3H3,(H2,14,15,16,17,19). The number of methoxy groups -OCH3 is 2. The number of thiophene rings is 1. The zero-order valence-electron chi connectivity index (χ0n) is 13.4. The Morgan fingerprint density at radius 1 is 1.24 bits per heavy atom. The maximum absolute atomic E-state index is 12.3. The molecule has 0 saturated carbocycles. The summed E-state index contributed by atoms with van der Waals surface area (Å²) in [5.41, 5.74) is 0.510. The molecule has 2 heterocycles. The molecule has 25 heavy (non-hydrogen) atoms. The summed E-state index contributed by atoms with van der Waals surface area (Å²) in [5.74, 6) is -0.748. The summed E-state index contributed by atoms with van der Waals surface area (Å²) in [6.45, 7) is 1.65. The molecule has 2 rings (SSSR count). The normalized spacial score (nSPS) is 10.8. The van der Waals surface area contributed by atoms with Crippen LogP contribution in [0.1, 0.15) is 15.4 Å². The quantitative estimate of drug-likeness (QED) is 0.730. The molecule has 0 aromatic carbocycles. The van der Waals surface area contributed by atoms with Gasteiger partial charge in [-0.2, -0.15) is 4.98 Å². The van der Waals surface area contributed by atoms with E-state index in [-0.39, 0.29) is 21.6 Å². The predicted octanol–water partition coefficient (Wildman–Crippen LogP) is 1.15. The van der Waals surface area contributed by atoms with Crippen LogP contribution in [0.2, 0.25) is 0 Å². The van der Waals surface area contributed by atoms with E-state index >= 15 is 0 Å². The summed E-state index contributed by atoms with van der Waals surface area (Å²) < 4.78 is 35.8. The highest BCUT2D eigenvalue weighted by atomic mass is 32.2. The van der Waals surface area contributed by atoms with Gasteiger partial charge in [-0.1, -0.05) is 0 Å². The first-order chi connectivity index (χ1) is 11.8. The third-order valence-corrected chi connectivity index (χ3v) is 5.18. The first-order valence-corrected chi connectivity index (χ1v) is 9.02. The second kappa shape index (κ2) is 7.44. The number of anilines is 1.